The van der Waals surface area contributed by atoms with Crippen LogP contribution in [0.4, 0.5) is 4.39 Å². The molecule has 1 aromatic carbocycles. The molecule has 2 nitrogen and oxygen atoms in total. The Labute approximate surface area is 93.3 Å². The molecule has 1 heterocycles. The number of rotatable bonds is 3. The Kier molecular flexibility index (Phi) is 3.06. The van der Waals surface area contributed by atoms with Crippen molar-refractivity contribution in [3.8, 4) is 11.3 Å². The molecule has 3 heteroatoms. The Morgan fingerprint density at radius 3 is 2.81 bits per heavy atom. The van der Waals surface area contributed by atoms with Crippen LogP contribution >= 0.6 is 0 Å². The molecular formula is C13H13FO2. The van der Waals surface area contributed by atoms with E-state index in [0.717, 1.165) is 0 Å². The molecule has 0 saturated carbocycles. The first kappa shape index (κ1) is 10.9. The summed E-state index contributed by atoms with van der Waals surface area (Å²) >= 11 is 0. The van der Waals surface area contributed by atoms with Crippen LogP contribution in [0, 0.1) is 5.82 Å². The second-order valence-corrected chi connectivity index (χ2v) is 3.64. The van der Waals surface area contributed by atoms with Crippen molar-refractivity contribution in [2.45, 2.75) is 19.4 Å². The average Bonchev–Trinajstić information content (AvgIpc) is 2.77. The van der Waals surface area contributed by atoms with Crippen LogP contribution in [-0.4, -0.2) is 5.11 Å². The van der Waals surface area contributed by atoms with Gasteiger partial charge in [0.05, 0.1) is 0 Å². The molecule has 0 bridgehead atoms. The highest BCUT2D eigenvalue weighted by molar-refractivity contribution is 5.57. The van der Waals surface area contributed by atoms with Gasteiger partial charge >= 0.3 is 0 Å². The number of benzene rings is 1. The van der Waals surface area contributed by atoms with Gasteiger partial charge in [0.15, 0.2) is 0 Å². The summed E-state index contributed by atoms with van der Waals surface area (Å²) < 4.78 is 18.5. The Bertz CT molecular complexity index is 476. The fourth-order valence-electron chi connectivity index (χ4n) is 1.53. The second-order valence-electron chi connectivity index (χ2n) is 3.64. The van der Waals surface area contributed by atoms with Crippen LogP contribution in [0.5, 0.6) is 0 Å². The third-order valence-electron chi connectivity index (χ3n) is 2.45. The molecule has 1 aromatic heterocycles. The molecule has 0 radical (unpaired) electrons. The van der Waals surface area contributed by atoms with E-state index < -0.39 is 6.10 Å². The molecule has 1 N–H and O–H groups in total. The highest BCUT2D eigenvalue weighted by Crippen LogP contribution is 2.26. The molecule has 0 saturated heterocycles. The molecule has 0 aliphatic heterocycles. The van der Waals surface area contributed by atoms with Crippen molar-refractivity contribution in [2.24, 2.45) is 0 Å². The van der Waals surface area contributed by atoms with E-state index >= 15 is 0 Å². The minimum Gasteiger partial charge on any atom is -0.458 e. The SMILES string of the molecule is CCC(O)c1ccc(-c2cccc(F)c2)o1. The molecular weight excluding hydrogens is 207 g/mol. The number of furan rings is 1. The van der Waals surface area contributed by atoms with Gasteiger partial charge in [-0.05, 0) is 30.7 Å². The topological polar surface area (TPSA) is 33.4 Å². The van der Waals surface area contributed by atoms with Crippen LogP contribution < -0.4 is 0 Å². The van der Waals surface area contributed by atoms with Crippen LogP contribution in [0.2, 0.25) is 0 Å². The lowest BCUT2D eigenvalue weighted by Crippen LogP contribution is -1.91. The van der Waals surface area contributed by atoms with Gasteiger partial charge in [-0.1, -0.05) is 19.1 Å². The van der Waals surface area contributed by atoms with Crippen molar-refractivity contribution in [3.63, 3.8) is 0 Å². The van der Waals surface area contributed by atoms with Gasteiger partial charge in [-0.2, -0.15) is 0 Å². The Morgan fingerprint density at radius 2 is 2.12 bits per heavy atom. The van der Waals surface area contributed by atoms with E-state index in [1.165, 1.54) is 12.1 Å². The summed E-state index contributed by atoms with van der Waals surface area (Å²) in [6.07, 6.45) is -0.00173. The fraction of sp³-hybridized carbons (Fsp3) is 0.231. The van der Waals surface area contributed by atoms with Gasteiger partial charge in [0, 0.05) is 5.56 Å². The van der Waals surface area contributed by atoms with Crippen LogP contribution in [0.15, 0.2) is 40.8 Å². The van der Waals surface area contributed by atoms with E-state index in [0.29, 0.717) is 23.5 Å². The van der Waals surface area contributed by atoms with Crippen molar-refractivity contribution in [1.29, 1.82) is 0 Å². The van der Waals surface area contributed by atoms with E-state index in [9.17, 15) is 9.50 Å². The van der Waals surface area contributed by atoms with Crippen molar-refractivity contribution < 1.29 is 13.9 Å². The normalized spacial score (nSPS) is 12.7. The minimum absolute atomic E-state index is 0.300. The lowest BCUT2D eigenvalue weighted by Gasteiger charge is -2.02. The van der Waals surface area contributed by atoms with Crippen molar-refractivity contribution in [3.05, 3.63) is 48.0 Å². The smallest absolute Gasteiger partial charge is 0.134 e. The van der Waals surface area contributed by atoms with Crippen LogP contribution in [-0.2, 0) is 0 Å². The maximum absolute atomic E-state index is 13.0. The van der Waals surface area contributed by atoms with E-state index in [2.05, 4.69) is 0 Å². The predicted octanol–water partition coefficient (Wildman–Crippen LogP) is 3.53. The van der Waals surface area contributed by atoms with Gasteiger partial charge < -0.3 is 9.52 Å². The molecule has 2 rings (SSSR count). The van der Waals surface area contributed by atoms with Crippen LogP contribution in [0.25, 0.3) is 11.3 Å². The minimum atomic E-state index is -0.595. The Hall–Kier alpha value is -1.61. The number of halogens is 1. The summed E-state index contributed by atoms with van der Waals surface area (Å²) in [6.45, 7) is 1.87. The molecule has 0 fully saturated rings. The maximum atomic E-state index is 13.0. The quantitative estimate of drug-likeness (QED) is 0.858. The highest BCUT2D eigenvalue weighted by atomic mass is 19.1. The summed E-state index contributed by atoms with van der Waals surface area (Å²) in [5.74, 6) is 0.787. The van der Waals surface area contributed by atoms with Gasteiger partial charge in [-0.3, -0.25) is 0 Å². The first-order chi connectivity index (χ1) is 7.70. The Balaban J connectivity index is 2.31. The van der Waals surface area contributed by atoms with Crippen molar-refractivity contribution >= 4 is 0 Å². The lowest BCUT2D eigenvalue weighted by atomic mass is 10.2. The summed E-state index contributed by atoms with van der Waals surface area (Å²) in [4.78, 5) is 0. The molecule has 84 valence electrons. The van der Waals surface area contributed by atoms with E-state index in [1.54, 1.807) is 24.3 Å². The van der Waals surface area contributed by atoms with Crippen LogP contribution in [0.3, 0.4) is 0 Å². The van der Waals surface area contributed by atoms with Gasteiger partial charge in [0.25, 0.3) is 0 Å². The molecule has 0 aliphatic rings. The Morgan fingerprint density at radius 1 is 1.31 bits per heavy atom. The number of aliphatic hydroxyl groups excluding tert-OH is 1. The predicted molar refractivity (Wildman–Crippen MR) is 59.4 cm³/mol. The van der Waals surface area contributed by atoms with Gasteiger partial charge in [0.2, 0.25) is 0 Å². The summed E-state index contributed by atoms with van der Waals surface area (Å²) in [5, 5.41) is 9.58. The van der Waals surface area contributed by atoms with Crippen molar-refractivity contribution in [1.82, 2.24) is 0 Å². The van der Waals surface area contributed by atoms with Crippen molar-refractivity contribution in [2.75, 3.05) is 0 Å². The summed E-state index contributed by atoms with van der Waals surface area (Å²) in [7, 11) is 0. The zero-order valence-corrected chi connectivity index (χ0v) is 8.98. The molecule has 16 heavy (non-hydrogen) atoms. The average molecular weight is 220 g/mol. The van der Waals surface area contributed by atoms with E-state index in [1.807, 2.05) is 6.92 Å². The van der Waals surface area contributed by atoms with Gasteiger partial charge in [-0.25, -0.2) is 4.39 Å². The summed E-state index contributed by atoms with van der Waals surface area (Å²) in [5.41, 5.74) is 0.676. The van der Waals surface area contributed by atoms with E-state index in [4.69, 9.17) is 4.42 Å². The third kappa shape index (κ3) is 2.14. The largest absolute Gasteiger partial charge is 0.458 e. The second kappa shape index (κ2) is 4.49. The highest BCUT2D eigenvalue weighted by Gasteiger charge is 2.11. The molecule has 0 amide bonds. The summed E-state index contributed by atoms with van der Waals surface area (Å²) in [6, 6.07) is 9.64. The number of aliphatic hydroxyl groups is 1. The molecule has 1 atom stereocenters. The van der Waals surface area contributed by atoms with Crippen LogP contribution in [0.1, 0.15) is 25.2 Å². The molecule has 0 spiro atoms. The van der Waals surface area contributed by atoms with E-state index in [-0.39, 0.29) is 5.82 Å². The lowest BCUT2D eigenvalue weighted by molar-refractivity contribution is 0.147. The zero-order chi connectivity index (χ0) is 11.5. The molecule has 0 aliphatic carbocycles. The van der Waals surface area contributed by atoms with Gasteiger partial charge in [0.1, 0.15) is 23.4 Å². The number of hydrogen-bond donors (Lipinski definition) is 1. The first-order valence-electron chi connectivity index (χ1n) is 5.24. The maximum Gasteiger partial charge on any atom is 0.134 e. The number of hydrogen-bond acceptors (Lipinski definition) is 2. The van der Waals surface area contributed by atoms with Gasteiger partial charge in [-0.15, -0.1) is 0 Å². The first-order valence-corrected chi connectivity index (χ1v) is 5.24. The molecule has 2 aromatic rings. The standard InChI is InChI=1S/C13H13FO2/c1-2-11(15)13-7-6-12(16-13)9-4-3-5-10(14)8-9/h3-8,11,15H,2H2,1H3. The monoisotopic (exact) mass is 220 g/mol. The molecule has 1 unspecified atom stereocenters. The third-order valence-corrected chi connectivity index (χ3v) is 2.45. The fourth-order valence-corrected chi connectivity index (χ4v) is 1.53. The zero-order valence-electron chi connectivity index (χ0n) is 8.98.